The maximum atomic E-state index is 13.7. The summed E-state index contributed by atoms with van der Waals surface area (Å²) in [6.07, 6.45) is 5.26. The van der Waals surface area contributed by atoms with Crippen molar-refractivity contribution < 1.29 is 9.53 Å². The molecule has 3 aromatic rings. The highest BCUT2D eigenvalue weighted by molar-refractivity contribution is 7.99. The minimum absolute atomic E-state index is 0.0859. The fourth-order valence-electron chi connectivity index (χ4n) is 5.00. The third kappa shape index (κ3) is 5.38. The summed E-state index contributed by atoms with van der Waals surface area (Å²) in [5.41, 5.74) is 1.36. The van der Waals surface area contributed by atoms with Crippen molar-refractivity contribution in [1.29, 1.82) is 0 Å². The maximum absolute atomic E-state index is 13.7. The Hall–Kier alpha value is -2.84. The van der Waals surface area contributed by atoms with Crippen molar-refractivity contribution in [3.8, 4) is 11.4 Å². The van der Waals surface area contributed by atoms with Gasteiger partial charge in [0.15, 0.2) is 5.16 Å². The van der Waals surface area contributed by atoms with E-state index in [-0.39, 0.29) is 16.7 Å². The van der Waals surface area contributed by atoms with Crippen LogP contribution in [0.3, 0.4) is 0 Å². The van der Waals surface area contributed by atoms with Gasteiger partial charge < -0.3 is 14.5 Å². The smallest absolute Gasteiger partial charge is 0.266 e. The number of para-hydroxylation sites is 1. The molecule has 0 bridgehead atoms. The second kappa shape index (κ2) is 10.8. The van der Waals surface area contributed by atoms with Crippen molar-refractivity contribution in [2.24, 2.45) is 0 Å². The summed E-state index contributed by atoms with van der Waals surface area (Å²) in [7, 11) is 1.63. The van der Waals surface area contributed by atoms with Crippen LogP contribution < -0.4 is 10.3 Å². The van der Waals surface area contributed by atoms with Crippen molar-refractivity contribution in [3.05, 3.63) is 58.9 Å². The molecule has 0 spiro atoms. The number of carbonyl (C=O) groups is 1. The van der Waals surface area contributed by atoms with Gasteiger partial charge in [0.05, 0.1) is 23.7 Å². The van der Waals surface area contributed by atoms with Gasteiger partial charge in [-0.3, -0.25) is 14.2 Å². The zero-order valence-corrected chi connectivity index (χ0v) is 21.0. The molecule has 2 saturated heterocycles. The van der Waals surface area contributed by atoms with Crippen molar-refractivity contribution in [2.75, 3.05) is 39.8 Å². The van der Waals surface area contributed by atoms with Crippen LogP contribution in [0.1, 0.15) is 32.1 Å². The Morgan fingerprint density at radius 3 is 2.43 bits per heavy atom. The molecular formula is C27H32N4O3S. The summed E-state index contributed by atoms with van der Waals surface area (Å²) >= 11 is 1.62. The highest BCUT2D eigenvalue weighted by Crippen LogP contribution is 2.29. The number of methoxy groups -OCH3 is 1. The molecule has 0 N–H and O–H groups in total. The number of piperidine rings is 1. The highest BCUT2D eigenvalue weighted by atomic mass is 32.2. The number of ether oxygens (including phenoxy) is 1. The van der Waals surface area contributed by atoms with E-state index in [1.165, 1.54) is 19.3 Å². The van der Waals surface area contributed by atoms with Crippen LogP contribution in [-0.2, 0) is 4.79 Å². The molecule has 2 aliphatic rings. The number of nitrogens with zero attached hydrogens (tertiary/aromatic N) is 4. The molecule has 7 nitrogen and oxygen atoms in total. The number of hydrogen-bond donors (Lipinski definition) is 0. The van der Waals surface area contributed by atoms with Gasteiger partial charge in [0, 0.05) is 31.3 Å². The minimum atomic E-state index is -0.0859. The molecule has 0 unspecified atom stereocenters. The maximum Gasteiger partial charge on any atom is 0.266 e. The van der Waals surface area contributed by atoms with Crippen LogP contribution in [0, 0.1) is 0 Å². The molecule has 184 valence electrons. The first kappa shape index (κ1) is 23.9. The van der Waals surface area contributed by atoms with Crippen LogP contribution >= 0.6 is 11.8 Å². The first-order valence-corrected chi connectivity index (χ1v) is 13.3. The van der Waals surface area contributed by atoms with E-state index in [1.54, 1.807) is 23.4 Å². The molecule has 0 saturated carbocycles. The predicted octanol–water partition coefficient (Wildman–Crippen LogP) is 3.96. The molecule has 5 rings (SSSR count). The van der Waals surface area contributed by atoms with Gasteiger partial charge in [-0.2, -0.15) is 0 Å². The second-order valence-electron chi connectivity index (χ2n) is 9.29. The van der Waals surface area contributed by atoms with Crippen molar-refractivity contribution in [1.82, 2.24) is 19.4 Å². The normalized spacial score (nSPS) is 17.7. The number of fused-ring (bicyclic) bond motifs is 1. The van der Waals surface area contributed by atoms with E-state index in [0.29, 0.717) is 29.0 Å². The van der Waals surface area contributed by atoms with Crippen LogP contribution in [-0.4, -0.2) is 70.3 Å². The van der Waals surface area contributed by atoms with Crippen molar-refractivity contribution in [3.63, 3.8) is 0 Å². The zero-order chi connectivity index (χ0) is 24.2. The van der Waals surface area contributed by atoms with Crippen LogP contribution in [0.15, 0.2) is 58.5 Å². The molecule has 1 atom stereocenters. The van der Waals surface area contributed by atoms with Gasteiger partial charge in [0.25, 0.3) is 5.56 Å². The lowest BCUT2D eigenvalue weighted by atomic mass is 10.1. The van der Waals surface area contributed by atoms with E-state index in [9.17, 15) is 9.59 Å². The topological polar surface area (TPSA) is 67.7 Å². The summed E-state index contributed by atoms with van der Waals surface area (Å²) in [5.74, 6) is 0.966. The molecule has 8 heteroatoms. The largest absolute Gasteiger partial charge is 0.497 e. The Balaban J connectivity index is 1.53. The van der Waals surface area contributed by atoms with E-state index in [4.69, 9.17) is 9.72 Å². The third-order valence-corrected chi connectivity index (χ3v) is 7.97. The van der Waals surface area contributed by atoms with Gasteiger partial charge in [-0.15, -0.1) is 0 Å². The number of likely N-dealkylation sites (tertiary alicyclic amines) is 2. The molecule has 2 aliphatic heterocycles. The van der Waals surface area contributed by atoms with Gasteiger partial charge in [-0.25, -0.2) is 4.98 Å². The number of carbonyl (C=O) groups excluding carboxylic acids is 1. The molecule has 0 aliphatic carbocycles. The van der Waals surface area contributed by atoms with Crippen molar-refractivity contribution >= 4 is 28.6 Å². The molecule has 35 heavy (non-hydrogen) atoms. The minimum Gasteiger partial charge on any atom is -0.497 e. The van der Waals surface area contributed by atoms with Gasteiger partial charge in [0.1, 0.15) is 5.75 Å². The van der Waals surface area contributed by atoms with Gasteiger partial charge in [-0.1, -0.05) is 30.3 Å². The average molecular weight is 493 g/mol. The Kier molecular flexibility index (Phi) is 7.39. The lowest BCUT2D eigenvalue weighted by Crippen LogP contribution is -2.41. The fraction of sp³-hybridized carbons (Fsp3) is 0.444. The molecule has 3 heterocycles. The fourth-order valence-corrected chi connectivity index (χ4v) is 6.29. The lowest BCUT2D eigenvalue weighted by Gasteiger charge is -2.32. The summed E-state index contributed by atoms with van der Waals surface area (Å²) in [5, 5.41) is 1.37. The Labute approximate surface area is 210 Å². The van der Waals surface area contributed by atoms with E-state index in [1.807, 2.05) is 53.4 Å². The predicted molar refractivity (Wildman–Crippen MR) is 140 cm³/mol. The first-order valence-electron chi connectivity index (χ1n) is 12.5. The summed E-state index contributed by atoms with van der Waals surface area (Å²) in [4.78, 5) is 35.6. The Morgan fingerprint density at radius 1 is 0.943 bits per heavy atom. The number of amides is 1. The third-order valence-electron chi connectivity index (χ3n) is 6.85. The quantitative estimate of drug-likeness (QED) is 0.350. The average Bonchev–Trinajstić information content (AvgIpc) is 3.29. The zero-order valence-electron chi connectivity index (χ0n) is 20.2. The summed E-state index contributed by atoms with van der Waals surface area (Å²) in [6, 6.07) is 15.0. The second-order valence-corrected chi connectivity index (χ2v) is 10.6. The van der Waals surface area contributed by atoms with E-state index < -0.39 is 0 Å². The standard InChI is InChI=1S/C27H32N4O3S/c1-34-21-13-11-20(12-14-21)31-26(33)23-8-3-4-9-24(23)28-27(31)35-22(18-29-15-5-2-6-16-29)19-30-17-7-10-25(30)32/h3-4,8-9,11-14,22H,2,5-7,10,15-19H2,1H3/t22-/m0/s1. The van der Waals surface area contributed by atoms with Gasteiger partial charge in [0.2, 0.25) is 5.91 Å². The number of aromatic nitrogens is 2. The summed E-state index contributed by atoms with van der Waals surface area (Å²) in [6.45, 7) is 4.53. The monoisotopic (exact) mass is 492 g/mol. The molecule has 0 radical (unpaired) electrons. The molecule has 1 amide bonds. The number of hydrogen-bond acceptors (Lipinski definition) is 6. The molecule has 2 aromatic carbocycles. The van der Waals surface area contributed by atoms with Crippen LogP contribution in [0.2, 0.25) is 0 Å². The number of benzene rings is 2. The molecule has 2 fully saturated rings. The van der Waals surface area contributed by atoms with Gasteiger partial charge in [-0.05, 0) is 68.8 Å². The van der Waals surface area contributed by atoms with Crippen LogP contribution in [0.4, 0.5) is 0 Å². The van der Waals surface area contributed by atoms with Gasteiger partial charge >= 0.3 is 0 Å². The molecular weight excluding hydrogens is 460 g/mol. The SMILES string of the molecule is COc1ccc(-n2c(S[C@@H](CN3CCCCC3)CN3CCCC3=O)nc3ccccc3c2=O)cc1. The van der Waals surface area contributed by atoms with Crippen LogP contribution in [0.25, 0.3) is 16.6 Å². The van der Waals surface area contributed by atoms with E-state index >= 15 is 0 Å². The lowest BCUT2D eigenvalue weighted by molar-refractivity contribution is -0.127. The highest BCUT2D eigenvalue weighted by Gasteiger charge is 2.27. The Bertz CT molecular complexity index is 1240. The Morgan fingerprint density at radius 2 is 1.71 bits per heavy atom. The van der Waals surface area contributed by atoms with Crippen LogP contribution in [0.5, 0.6) is 5.75 Å². The molecule has 1 aromatic heterocycles. The van der Waals surface area contributed by atoms with E-state index in [0.717, 1.165) is 44.0 Å². The number of rotatable bonds is 8. The van der Waals surface area contributed by atoms with Crippen molar-refractivity contribution in [2.45, 2.75) is 42.5 Å². The van der Waals surface area contributed by atoms with E-state index in [2.05, 4.69) is 4.90 Å². The summed E-state index contributed by atoms with van der Waals surface area (Å²) < 4.78 is 7.03. The number of thioether (sulfide) groups is 1. The first-order chi connectivity index (χ1) is 17.1.